The maximum absolute atomic E-state index is 10.2. The van der Waals surface area contributed by atoms with E-state index in [2.05, 4.69) is 0 Å². The molecule has 0 spiro atoms. The van der Waals surface area contributed by atoms with Gasteiger partial charge in [0.25, 0.3) is 0 Å². The van der Waals surface area contributed by atoms with Gasteiger partial charge in [-0.1, -0.05) is 20.8 Å². The fourth-order valence-electron chi connectivity index (χ4n) is 0.935. The van der Waals surface area contributed by atoms with Crippen molar-refractivity contribution in [1.82, 2.24) is 0 Å². The predicted molar refractivity (Wildman–Crippen MR) is 45.0 cm³/mol. The van der Waals surface area contributed by atoms with E-state index in [1.807, 2.05) is 26.8 Å². The van der Waals surface area contributed by atoms with Crippen molar-refractivity contribution in [3.05, 3.63) is 10.1 Å². The monoisotopic (exact) mass is 170 g/mol. The minimum absolute atomic E-state index is 0.114. The quantitative estimate of drug-likeness (QED) is 0.479. The van der Waals surface area contributed by atoms with E-state index in [9.17, 15) is 10.1 Å². The lowest BCUT2D eigenvalue weighted by Gasteiger charge is -2.25. The molecule has 0 aromatic carbocycles. The lowest BCUT2D eigenvalue weighted by atomic mass is 9.79. The van der Waals surface area contributed by atoms with Gasteiger partial charge in [0.05, 0.1) is 6.07 Å². The highest BCUT2D eigenvalue weighted by atomic mass is 16.6. The zero-order chi connectivity index (χ0) is 9.78. The van der Waals surface area contributed by atoms with Crippen molar-refractivity contribution in [2.24, 2.45) is 11.3 Å². The Bertz CT molecular complexity index is 200. The summed E-state index contributed by atoms with van der Waals surface area (Å²) in [7, 11) is 0. The van der Waals surface area contributed by atoms with Crippen LogP contribution in [0, 0.1) is 32.8 Å². The third-order valence-electron chi connectivity index (χ3n) is 1.93. The molecule has 0 aliphatic carbocycles. The fraction of sp³-hybridized carbons (Fsp3) is 0.875. The molecule has 0 fully saturated rings. The van der Waals surface area contributed by atoms with Crippen LogP contribution >= 0.6 is 0 Å². The zero-order valence-electron chi connectivity index (χ0n) is 7.70. The van der Waals surface area contributed by atoms with Crippen molar-refractivity contribution >= 4 is 0 Å². The third-order valence-corrected chi connectivity index (χ3v) is 1.93. The van der Waals surface area contributed by atoms with Gasteiger partial charge in [0.2, 0.25) is 6.54 Å². The van der Waals surface area contributed by atoms with Crippen LogP contribution in [0.4, 0.5) is 0 Å². The van der Waals surface area contributed by atoms with Crippen LogP contribution in [0.5, 0.6) is 0 Å². The van der Waals surface area contributed by atoms with E-state index in [1.54, 1.807) is 0 Å². The first kappa shape index (κ1) is 10.9. The molecule has 0 saturated heterocycles. The second-order valence-corrected chi connectivity index (χ2v) is 3.94. The Hall–Kier alpha value is -1.11. The molecule has 68 valence electrons. The largest absolute Gasteiger partial charge is 0.265 e. The molecular weight excluding hydrogens is 156 g/mol. The van der Waals surface area contributed by atoms with E-state index in [-0.39, 0.29) is 29.2 Å². The minimum Gasteiger partial charge on any atom is -0.265 e. The molecule has 0 rings (SSSR count). The predicted octanol–water partition coefficient (Wildman–Crippen LogP) is 1.84. The Morgan fingerprint density at radius 1 is 1.58 bits per heavy atom. The Balaban J connectivity index is 4.25. The van der Waals surface area contributed by atoms with Crippen LogP contribution in [-0.4, -0.2) is 11.5 Å². The highest BCUT2D eigenvalue weighted by Gasteiger charge is 2.28. The number of hydrogen-bond acceptors (Lipinski definition) is 3. The maximum Gasteiger partial charge on any atom is 0.208 e. The van der Waals surface area contributed by atoms with Gasteiger partial charge in [-0.2, -0.15) is 5.26 Å². The van der Waals surface area contributed by atoms with Crippen LogP contribution in [-0.2, 0) is 0 Å². The molecule has 0 aromatic rings. The van der Waals surface area contributed by atoms with Gasteiger partial charge in [0.15, 0.2) is 0 Å². The molecule has 0 heterocycles. The van der Waals surface area contributed by atoms with E-state index in [1.165, 1.54) is 0 Å². The molecule has 0 saturated carbocycles. The molecule has 1 unspecified atom stereocenters. The highest BCUT2D eigenvalue weighted by molar-refractivity contribution is 4.82. The van der Waals surface area contributed by atoms with Crippen LogP contribution in [0.3, 0.4) is 0 Å². The van der Waals surface area contributed by atoms with Crippen molar-refractivity contribution in [3.63, 3.8) is 0 Å². The van der Waals surface area contributed by atoms with Crippen molar-refractivity contribution in [3.8, 4) is 6.07 Å². The van der Waals surface area contributed by atoms with E-state index in [4.69, 9.17) is 5.26 Å². The van der Waals surface area contributed by atoms with Gasteiger partial charge in [-0.05, 0) is 5.41 Å². The Kier molecular flexibility index (Phi) is 3.68. The summed E-state index contributed by atoms with van der Waals surface area (Å²) in [6, 6.07) is 1.98. The van der Waals surface area contributed by atoms with E-state index >= 15 is 0 Å². The van der Waals surface area contributed by atoms with Gasteiger partial charge in [-0.3, -0.25) is 10.1 Å². The van der Waals surface area contributed by atoms with Gasteiger partial charge in [-0.25, -0.2) is 0 Å². The van der Waals surface area contributed by atoms with E-state index in [0.29, 0.717) is 0 Å². The van der Waals surface area contributed by atoms with Crippen LogP contribution in [0.25, 0.3) is 0 Å². The zero-order valence-corrected chi connectivity index (χ0v) is 7.70. The average molecular weight is 170 g/mol. The van der Waals surface area contributed by atoms with E-state index in [0.717, 1.165) is 0 Å². The van der Waals surface area contributed by atoms with Crippen molar-refractivity contribution < 1.29 is 4.92 Å². The Morgan fingerprint density at radius 3 is 2.33 bits per heavy atom. The molecular formula is C8H14N2O2. The maximum atomic E-state index is 10.2. The molecule has 4 nitrogen and oxygen atoms in total. The summed E-state index contributed by atoms with van der Waals surface area (Å²) in [6.45, 7) is 5.63. The van der Waals surface area contributed by atoms with Gasteiger partial charge in [0.1, 0.15) is 0 Å². The first-order valence-electron chi connectivity index (χ1n) is 3.86. The first-order valence-corrected chi connectivity index (χ1v) is 3.86. The van der Waals surface area contributed by atoms with Gasteiger partial charge < -0.3 is 0 Å². The summed E-state index contributed by atoms with van der Waals surface area (Å²) in [4.78, 5) is 9.87. The smallest absolute Gasteiger partial charge is 0.208 e. The summed E-state index contributed by atoms with van der Waals surface area (Å²) in [5.41, 5.74) is -0.164. The number of hydrogen-bond donors (Lipinski definition) is 0. The molecule has 0 radical (unpaired) electrons. The van der Waals surface area contributed by atoms with E-state index < -0.39 is 0 Å². The SMILES string of the molecule is CC(C)(C)C(CC#N)C[N+](=O)[O-]. The summed E-state index contributed by atoms with van der Waals surface area (Å²) in [5, 5.41) is 18.7. The van der Waals surface area contributed by atoms with Crippen LogP contribution in [0.15, 0.2) is 0 Å². The molecule has 0 amide bonds. The van der Waals surface area contributed by atoms with Gasteiger partial charge in [0, 0.05) is 17.3 Å². The summed E-state index contributed by atoms with van der Waals surface area (Å²) >= 11 is 0. The summed E-state index contributed by atoms with van der Waals surface area (Å²) in [5.74, 6) is -0.155. The Morgan fingerprint density at radius 2 is 2.08 bits per heavy atom. The molecule has 4 heteroatoms. The Labute approximate surface area is 72.3 Å². The second kappa shape index (κ2) is 4.05. The molecule has 0 bridgehead atoms. The standard InChI is InChI=1S/C8H14N2O2/c1-8(2,3)7(4-5-9)6-10(11)12/h7H,4,6H2,1-3H3. The number of nitro groups is 1. The number of nitriles is 1. The summed E-state index contributed by atoms with van der Waals surface area (Å²) in [6.07, 6.45) is 0.254. The average Bonchev–Trinajstić information content (AvgIpc) is 1.83. The molecule has 12 heavy (non-hydrogen) atoms. The van der Waals surface area contributed by atoms with Crippen LogP contribution < -0.4 is 0 Å². The summed E-state index contributed by atoms with van der Waals surface area (Å²) < 4.78 is 0. The van der Waals surface area contributed by atoms with Crippen molar-refractivity contribution in [1.29, 1.82) is 5.26 Å². The lowest BCUT2D eigenvalue weighted by Crippen LogP contribution is -2.27. The molecule has 0 aromatic heterocycles. The molecule has 0 aliphatic rings. The minimum atomic E-state index is -0.354. The fourth-order valence-corrected chi connectivity index (χ4v) is 0.935. The first-order chi connectivity index (χ1) is 5.38. The third kappa shape index (κ3) is 3.91. The molecule has 1 atom stereocenters. The topological polar surface area (TPSA) is 66.9 Å². The van der Waals surface area contributed by atoms with Gasteiger partial charge in [-0.15, -0.1) is 0 Å². The number of rotatable bonds is 3. The van der Waals surface area contributed by atoms with Crippen LogP contribution in [0.1, 0.15) is 27.2 Å². The number of nitrogens with zero attached hydrogens (tertiary/aromatic N) is 2. The molecule has 0 aliphatic heterocycles. The van der Waals surface area contributed by atoms with Gasteiger partial charge >= 0.3 is 0 Å². The normalized spacial score (nSPS) is 13.5. The van der Waals surface area contributed by atoms with Crippen LogP contribution in [0.2, 0.25) is 0 Å². The van der Waals surface area contributed by atoms with Crippen molar-refractivity contribution in [2.75, 3.05) is 6.54 Å². The lowest BCUT2D eigenvalue weighted by molar-refractivity contribution is -0.491. The highest BCUT2D eigenvalue weighted by Crippen LogP contribution is 2.28. The van der Waals surface area contributed by atoms with Crippen molar-refractivity contribution in [2.45, 2.75) is 27.2 Å². The second-order valence-electron chi connectivity index (χ2n) is 3.94. The molecule has 0 N–H and O–H groups in total.